The molecule has 0 bridgehead atoms. The van der Waals surface area contributed by atoms with E-state index in [1.54, 1.807) is 50.5 Å². The van der Waals surface area contributed by atoms with E-state index in [4.69, 9.17) is 19.2 Å². The third kappa shape index (κ3) is 5.84. The fraction of sp³-hybridized carbons (Fsp3) is 0.414. The highest BCUT2D eigenvalue weighted by Gasteiger charge is 2.28. The van der Waals surface area contributed by atoms with E-state index in [0.29, 0.717) is 55.7 Å². The number of nitrogens with zero attached hydrogens (tertiary/aromatic N) is 5. The highest BCUT2D eigenvalue weighted by Crippen LogP contribution is 2.30. The van der Waals surface area contributed by atoms with Crippen molar-refractivity contribution in [3.8, 4) is 17.2 Å². The van der Waals surface area contributed by atoms with E-state index in [0.717, 1.165) is 43.3 Å². The zero-order chi connectivity index (χ0) is 28.1. The molecule has 0 unspecified atom stereocenters. The van der Waals surface area contributed by atoms with Crippen LogP contribution >= 0.6 is 0 Å². The maximum Gasteiger partial charge on any atom is 0.261 e. The van der Waals surface area contributed by atoms with Crippen molar-refractivity contribution in [2.24, 2.45) is 0 Å². The second kappa shape index (κ2) is 12.3. The minimum absolute atomic E-state index is 0.142. The molecule has 2 aliphatic rings. The van der Waals surface area contributed by atoms with Gasteiger partial charge in [0.2, 0.25) is 5.95 Å². The molecule has 1 N–H and O–H groups in total. The summed E-state index contributed by atoms with van der Waals surface area (Å²) in [6, 6.07) is 14.9. The molecule has 0 saturated carbocycles. The first-order valence-electron chi connectivity index (χ1n) is 13.5. The fourth-order valence-electron chi connectivity index (χ4n) is 5.33. The number of carbonyl (C=O) groups excluding carboxylic acids is 1. The van der Waals surface area contributed by atoms with Gasteiger partial charge in [-0.25, -0.2) is 4.98 Å². The first kappa shape index (κ1) is 27.3. The second-order valence-electron chi connectivity index (χ2n) is 9.81. The number of nitrogens with one attached hydrogen (secondary N) is 1. The van der Waals surface area contributed by atoms with Crippen molar-refractivity contribution in [1.82, 2.24) is 19.8 Å². The van der Waals surface area contributed by atoms with Crippen molar-refractivity contribution >= 4 is 17.5 Å². The van der Waals surface area contributed by atoms with Gasteiger partial charge in [0.15, 0.2) is 0 Å². The molecular formula is C29H36N6O5. The van der Waals surface area contributed by atoms with E-state index in [1.165, 1.54) is 0 Å². The van der Waals surface area contributed by atoms with Crippen LogP contribution in [0, 0.1) is 0 Å². The Morgan fingerprint density at radius 2 is 1.40 bits per heavy atom. The van der Waals surface area contributed by atoms with Crippen LogP contribution in [0.4, 0.5) is 11.6 Å². The van der Waals surface area contributed by atoms with E-state index in [-0.39, 0.29) is 11.5 Å². The molecule has 3 aromatic rings. The lowest BCUT2D eigenvalue weighted by molar-refractivity contribution is 0.0739. The lowest BCUT2D eigenvalue weighted by Gasteiger charge is -2.37. The highest BCUT2D eigenvalue weighted by atomic mass is 16.5. The number of aromatic amines is 1. The molecule has 3 heterocycles. The Labute approximate surface area is 233 Å². The van der Waals surface area contributed by atoms with Gasteiger partial charge in [0.25, 0.3) is 11.5 Å². The van der Waals surface area contributed by atoms with Gasteiger partial charge in [-0.1, -0.05) is 18.2 Å². The molecule has 1 aromatic heterocycles. The molecule has 0 spiro atoms. The molecular weight excluding hydrogens is 512 g/mol. The van der Waals surface area contributed by atoms with Crippen LogP contribution in [0.3, 0.4) is 0 Å². The maximum absolute atomic E-state index is 13.3. The number of hydrogen-bond donors (Lipinski definition) is 1. The van der Waals surface area contributed by atoms with Crippen molar-refractivity contribution in [2.75, 3.05) is 83.5 Å². The Morgan fingerprint density at radius 3 is 2.05 bits per heavy atom. The Morgan fingerprint density at radius 1 is 0.800 bits per heavy atom. The lowest BCUT2D eigenvalue weighted by atomic mass is 10.1. The van der Waals surface area contributed by atoms with Gasteiger partial charge in [-0.15, -0.1) is 0 Å². The fourth-order valence-corrected chi connectivity index (χ4v) is 5.33. The predicted molar refractivity (Wildman–Crippen MR) is 153 cm³/mol. The molecule has 2 aromatic carbocycles. The smallest absolute Gasteiger partial charge is 0.261 e. The molecule has 2 fully saturated rings. The largest absolute Gasteiger partial charge is 0.496 e. The summed E-state index contributed by atoms with van der Waals surface area (Å²) >= 11 is 0. The Bertz CT molecular complexity index is 1360. The number of amides is 1. The van der Waals surface area contributed by atoms with Crippen molar-refractivity contribution in [3.63, 3.8) is 0 Å². The molecule has 40 heavy (non-hydrogen) atoms. The van der Waals surface area contributed by atoms with E-state index in [1.807, 2.05) is 23.1 Å². The first-order valence-corrected chi connectivity index (χ1v) is 13.5. The molecule has 2 aliphatic heterocycles. The molecule has 0 radical (unpaired) electrons. The second-order valence-corrected chi connectivity index (χ2v) is 9.81. The van der Waals surface area contributed by atoms with Gasteiger partial charge in [0.1, 0.15) is 22.8 Å². The molecule has 0 atom stereocenters. The summed E-state index contributed by atoms with van der Waals surface area (Å²) in [5, 5.41) is 0. The van der Waals surface area contributed by atoms with Crippen LogP contribution in [-0.4, -0.2) is 99.4 Å². The number of para-hydroxylation sites is 2. The molecule has 1 amide bonds. The minimum Gasteiger partial charge on any atom is -0.496 e. The van der Waals surface area contributed by atoms with E-state index in [2.05, 4.69) is 20.9 Å². The number of ether oxygens (including phenoxy) is 3. The zero-order valence-corrected chi connectivity index (χ0v) is 23.3. The van der Waals surface area contributed by atoms with Gasteiger partial charge in [-0.05, 0) is 24.3 Å². The monoisotopic (exact) mass is 548 g/mol. The summed E-state index contributed by atoms with van der Waals surface area (Å²) in [4.78, 5) is 42.0. The standard InChI is InChI=1S/C29H36N6O5/c1-38-23-8-5-4-7-22(23)33-13-11-32(12-14-33)20-21-19-26(36)31-29(30-21)35-17-15-34(16-18-35)28(37)27-24(39-2)9-6-10-25(27)40-3/h4-10,19H,11-18,20H2,1-3H3,(H,30,31,36). The number of benzene rings is 2. The topological polar surface area (TPSA) is 103 Å². The summed E-state index contributed by atoms with van der Waals surface area (Å²) in [6.07, 6.45) is 0. The lowest BCUT2D eigenvalue weighted by Crippen LogP contribution is -2.49. The molecule has 11 nitrogen and oxygen atoms in total. The van der Waals surface area contributed by atoms with E-state index in [9.17, 15) is 9.59 Å². The van der Waals surface area contributed by atoms with Crippen LogP contribution in [0.15, 0.2) is 53.3 Å². The zero-order valence-electron chi connectivity index (χ0n) is 23.3. The van der Waals surface area contributed by atoms with Gasteiger partial charge in [-0.3, -0.25) is 19.5 Å². The number of methoxy groups -OCH3 is 3. The van der Waals surface area contributed by atoms with E-state index >= 15 is 0 Å². The van der Waals surface area contributed by atoms with Crippen molar-refractivity contribution in [1.29, 1.82) is 0 Å². The van der Waals surface area contributed by atoms with Crippen LogP contribution in [0.5, 0.6) is 17.2 Å². The number of rotatable bonds is 8. The van der Waals surface area contributed by atoms with Crippen LogP contribution in [-0.2, 0) is 6.54 Å². The number of anilines is 2. The SMILES string of the molecule is COc1ccccc1N1CCN(Cc2cc(=O)[nH]c(N3CCN(C(=O)c4c(OC)cccc4OC)CC3)n2)CC1. The minimum atomic E-state index is -0.176. The van der Waals surface area contributed by atoms with Crippen LogP contribution < -0.4 is 29.6 Å². The average molecular weight is 549 g/mol. The molecule has 0 aliphatic carbocycles. The highest BCUT2D eigenvalue weighted by molar-refractivity contribution is 5.99. The summed E-state index contributed by atoms with van der Waals surface area (Å²) in [5.74, 6) is 2.23. The van der Waals surface area contributed by atoms with Gasteiger partial charge < -0.3 is 28.9 Å². The molecule has 11 heteroatoms. The molecule has 212 valence electrons. The van der Waals surface area contributed by atoms with E-state index < -0.39 is 0 Å². The Kier molecular flexibility index (Phi) is 8.40. The maximum atomic E-state index is 13.3. The molecule has 5 rings (SSSR count). The van der Waals surface area contributed by atoms with Crippen LogP contribution in [0.2, 0.25) is 0 Å². The number of H-pyrrole nitrogens is 1. The van der Waals surface area contributed by atoms with Crippen molar-refractivity contribution in [2.45, 2.75) is 6.54 Å². The summed E-state index contributed by atoms with van der Waals surface area (Å²) in [6.45, 7) is 6.11. The van der Waals surface area contributed by atoms with Crippen LogP contribution in [0.25, 0.3) is 0 Å². The molecule has 2 saturated heterocycles. The Hall–Kier alpha value is -4.25. The summed E-state index contributed by atoms with van der Waals surface area (Å²) in [7, 11) is 4.78. The van der Waals surface area contributed by atoms with Crippen molar-refractivity contribution < 1.29 is 19.0 Å². The third-order valence-corrected chi connectivity index (χ3v) is 7.47. The quantitative estimate of drug-likeness (QED) is 0.453. The first-order chi connectivity index (χ1) is 19.5. The number of aromatic nitrogens is 2. The normalized spacial score (nSPS) is 16.1. The average Bonchev–Trinajstić information content (AvgIpc) is 3.00. The number of piperazine rings is 2. The van der Waals surface area contributed by atoms with Gasteiger partial charge in [0, 0.05) is 65.0 Å². The number of hydrogen-bond acceptors (Lipinski definition) is 9. The third-order valence-electron chi connectivity index (χ3n) is 7.47. The van der Waals surface area contributed by atoms with Gasteiger partial charge in [0.05, 0.1) is 32.7 Å². The van der Waals surface area contributed by atoms with Crippen LogP contribution in [0.1, 0.15) is 16.1 Å². The summed E-state index contributed by atoms with van der Waals surface area (Å²) < 4.78 is 16.4. The van der Waals surface area contributed by atoms with Gasteiger partial charge >= 0.3 is 0 Å². The number of carbonyl (C=O) groups is 1. The van der Waals surface area contributed by atoms with Crippen molar-refractivity contribution in [3.05, 3.63) is 70.1 Å². The predicted octanol–water partition coefficient (Wildman–Crippen LogP) is 2.08. The van der Waals surface area contributed by atoms with Gasteiger partial charge in [-0.2, -0.15) is 0 Å². The summed E-state index contributed by atoms with van der Waals surface area (Å²) in [5.41, 5.74) is 2.08. The Balaban J connectivity index is 1.20.